The van der Waals surface area contributed by atoms with E-state index >= 15 is 0 Å². The van der Waals surface area contributed by atoms with Gasteiger partial charge in [0.2, 0.25) is 0 Å². The highest BCUT2D eigenvalue weighted by Crippen LogP contribution is 2.21. The van der Waals surface area contributed by atoms with Gasteiger partial charge in [0, 0.05) is 12.6 Å². The lowest BCUT2D eigenvalue weighted by Crippen LogP contribution is -2.30. The standard InChI is InChI=1S/C13H21N3O2/c1-9(8-16(2)3)15-12-7-10(13(17)18-4)5-6-11(12)14/h5-7,9,15H,8,14H2,1-4H3. The van der Waals surface area contributed by atoms with Crippen LogP contribution in [0.1, 0.15) is 17.3 Å². The van der Waals surface area contributed by atoms with Crippen LogP contribution in [-0.2, 0) is 4.74 Å². The summed E-state index contributed by atoms with van der Waals surface area (Å²) in [5.41, 5.74) is 7.75. The Balaban J connectivity index is 2.84. The van der Waals surface area contributed by atoms with E-state index < -0.39 is 0 Å². The molecule has 0 aliphatic carbocycles. The minimum absolute atomic E-state index is 0.232. The van der Waals surface area contributed by atoms with Crippen LogP contribution in [0.2, 0.25) is 0 Å². The summed E-state index contributed by atoms with van der Waals surface area (Å²) in [6, 6.07) is 5.31. The van der Waals surface area contributed by atoms with E-state index in [4.69, 9.17) is 5.73 Å². The minimum Gasteiger partial charge on any atom is -0.465 e. The molecule has 1 atom stereocenters. The van der Waals surface area contributed by atoms with E-state index in [1.54, 1.807) is 18.2 Å². The summed E-state index contributed by atoms with van der Waals surface area (Å²) in [6.45, 7) is 2.94. The average Bonchev–Trinajstić information content (AvgIpc) is 2.30. The number of ether oxygens (including phenoxy) is 1. The molecule has 100 valence electrons. The zero-order chi connectivity index (χ0) is 13.7. The summed E-state index contributed by atoms with van der Waals surface area (Å²) in [5.74, 6) is -0.363. The quantitative estimate of drug-likeness (QED) is 0.612. The normalized spacial score (nSPS) is 12.3. The number of carbonyl (C=O) groups is 1. The highest BCUT2D eigenvalue weighted by molar-refractivity contribution is 5.91. The molecule has 1 rings (SSSR count). The molecule has 0 aromatic heterocycles. The third-order valence-corrected chi connectivity index (χ3v) is 2.52. The van der Waals surface area contributed by atoms with Crippen molar-refractivity contribution in [2.75, 3.05) is 38.8 Å². The van der Waals surface area contributed by atoms with Gasteiger partial charge in [0.25, 0.3) is 0 Å². The van der Waals surface area contributed by atoms with E-state index in [0.717, 1.165) is 12.2 Å². The van der Waals surface area contributed by atoms with Crippen LogP contribution in [0.15, 0.2) is 18.2 Å². The molecule has 3 N–H and O–H groups in total. The second-order valence-corrected chi connectivity index (χ2v) is 4.60. The molecule has 5 heteroatoms. The molecule has 0 aliphatic rings. The molecule has 1 aromatic carbocycles. The first kappa shape index (κ1) is 14.3. The van der Waals surface area contributed by atoms with Gasteiger partial charge in [-0.2, -0.15) is 0 Å². The summed E-state index contributed by atoms with van der Waals surface area (Å²) in [7, 11) is 5.37. The number of likely N-dealkylation sites (N-methyl/N-ethyl adjacent to an activating group) is 1. The van der Waals surface area contributed by atoms with Crippen molar-refractivity contribution in [3.05, 3.63) is 23.8 Å². The highest BCUT2D eigenvalue weighted by atomic mass is 16.5. The third-order valence-electron chi connectivity index (χ3n) is 2.52. The molecule has 18 heavy (non-hydrogen) atoms. The molecule has 0 heterocycles. The number of rotatable bonds is 5. The molecule has 0 radical (unpaired) electrons. The number of nitrogens with one attached hydrogen (secondary N) is 1. The van der Waals surface area contributed by atoms with E-state index in [2.05, 4.69) is 21.9 Å². The topological polar surface area (TPSA) is 67.6 Å². The second-order valence-electron chi connectivity index (χ2n) is 4.60. The number of esters is 1. The zero-order valence-corrected chi connectivity index (χ0v) is 11.4. The lowest BCUT2D eigenvalue weighted by Gasteiger charge is -2.20. The minimum atomic E-state index is -0.363. The Morgan fingerprint density at radius 1 is 1.50 bits per heavy atom. The highest BCUT2D eigenvalue weighted by Gasteiger charge is 2.10. The van der Waals surface area contributed by atoms with Crippen molar-refractivity contribution in [1.82, 2.24) is 4.90 Å². The molecular weight excluding hydrogens is 230 g/mol. The Morgan fingerprint density at radius 2 is 2.17 bits per heavy atom. The largest absolute Gasteiger partial charge is 0.465 e. The predicted octanol–water partition coefficient (Wildman–Crippen LogP) is 1.42. The number of benzene rings is 1. The summed E-state index contributed by atoms with van der Waals surface area (Å²) >= 11 is 0. The van der Waals surface area contributed by atoms with Gasteiger partial charge in [-0.05, 0) is 39.2 Å². The number of nitrogen functional groups attached to an aromatic ring is 1. The molecule has 0 bridgehead atoms. The second kappa shape index (κ2) is 6.26. The molecule has 1 aromatic rings. The Bertz CT molecular complexity index is 419. The van der Waals surface area contributed by atoms with Gasteiger partial charge in [-0.1, -0.05) is 0 Å². The fourth-order valence-electron chi connectivity index (χ4n) is 1.78. The van der Waals surface area contributed by atoms with Gasteiger partial charge in [-0.3, -0.25) is 0 Å². The van der Waals surface area contributed by atoms with Crippen LogP contribution in [-0.4, -0.2) is 44.7 Å². The van der Waals surface area contributed by atoms with Crippen molar-refractivity contribution in [1.29, 1.82) is 0 Å². The molecule has 1 unspecified atom stereocenters. The maximum Gasteiger partial charge on any atom is 0.337 e. The van der Waals surface area contributed by atoms with E-state index in [1.807, 2.05) is 14.1 Å². The first-order valence-electron chi connectivity index (χ1n) is 5.83. The lowest BCUT2D eigenvalue weighted by atomic mass is 10.1. The van der Waals surface area contributed by atoms with E-state index in [9.17, 15) is 4.79 Å². The summed E-state index contributed by atoms with van der Waals surface area (Å²) in [6.07, 6.45) is 0. The van der Waals surface area contributed by atoms with Gasteiger partial charge in [-0.15, -0.1) is 0 Å². The van der Waals surface area contributed by atoms with Crippen LogP contribution in [0, 0.1) is 0 Å². The fraction of sp³-hybridized carbons (Fsp3) is 0.462. The Labute approximate surface area is 108 Å². The van der Waals surface area contributed by atoms with Crippen molar-refractivity contribution in [3.8, 4) is 0 Å². The van der Waals surface area contributed by atoms with Crippen LogP contribution >= 0.6 is 0 Å². The Morgan fingerprint density at radius 3 is 2.72 bits per heavy atom. The zero-order valence-electron chi connectivity index (χ0n) is 11.4. The van der Waals surface area contributed by atoms with E-state index in [-0.39, 0.29) is 12.0 Å². The van der Waals surface area contributed by atoms with Crippen LogP contribution in [0.4, 0.5) is 11.4 Å². The van der Waals surface area contributed by atoms with Crippen LogP contribution < -0.4 is 11.1 Å². The Kier molecular flexibility index (Phi) is 4.97. The number of nitrogens with zero attached hydrogens (tertiary/aromatic N) is 1. The SMILES string of the molecule is COC(=O)c1ccc(N)c(NC(C)CN(C)C)c1. The van der Waals surface area contributed by atoms with Gasteiger partial charge in [0.15, 0.2) is 0 Å². The maximum atomic E-state index is 11.4. The number of hydrogen-bond acceptors (Lipinski definition) is 5. The van der Waals surface area contributed by atoms with E-state index in [1.165, 1.54) is 7.11 Å². The predicted molar refractivity (Wildman–Crippen MR) is 73.8 cm³/mol. The lowest BCUT2D eigenvalue weighted by molar-refractivity contribution is 0.0601. The summed E-state index contributed by atoms with van der Waals surface area (Å²) in [5, 5.41) is 3.29. The molecular formula is C13H21N3O2. The first-order chi connectivity index (χ1) is 8.43. The van der Waals surface area contributed by atoms with Crippen LogP contribution in [0.5, 0.6) is 0 Å². The summed E-state index contributed by atoms with van der Waals surface area (Å²) in [4.78, 5) is 13.5. The smallest absolute Gasteiger partial charge is 0.337 e. The number of hydrogen-bond donors (Lipinski definition) is 2. The molecule has 0 amide bonds. The third kappa shape index (κ3) is 3.92. The van der Waals surface area contributed by atoms with Crippen molar-refractivity contribution in [2.45, 2.75) is 13.0 Å². The number of carbonyl (C=O) groups excluding carboxylic acids is 1. The van der Waals surface area contributed by atoms with Gasteiger partial charge < -0.3 is 20.7 Å². The van der Waals surface area contributed by atoms with Gasteiger partial charge in [-0.25, -0.2) is 4.79 Å². The molecule has 0 spiro atoms. The number of anilines is 2. The number of methoxy groups -OCH3 is 1. The monoisotopic (exact) mass is 251 g/mol. The van der Waals surface area contributed by atoms with Crippen molar-refractivity contribution in [2.24, 2.45) is 0 Å². The van der Waals surface area contributed by atoms with Crippen molar-refractivity contribution in [3.63, 3.8) is 0 Å². The molecule has 0 saturated heterocycles. The molecule has 0 saturated carbocycles. The maximum absolute atomic E-state index is 11.4. The van der Waals surface area contributed by atoms with Gasteiger partial charge in [0.1, 0.15) is 0 Å². The molecule has 5 nitrogen and oxygen atoms in total. The van der Waals surface area contributed by atoms with Crippen molar-refractivity contribution < 1.29 is 9.53 Å². The van der Waals surface area contributed by atoms with Crippen molar-refractivity contribution >= 4 is 17.3 Å². The Hall–Kier alpha value is -1.75. The molecule has 0 fully saturated rings. The van der Waals surface area contributed by atoms with E-state index in [0.29, 0.717) is 11.3 Å². The number of nitrogens with two attached hydrogens (primary N) is 1. The van der Waals surface area contributed by atoms with Crippen LogP contribution in [0.3, 0.4) is 0 Å². The van der Waals surface area contributed by atoms with Gasteiger partial charge in [0.05, 0.1) is 24.0 Å². The fourth-order valence-corrected chi connectivity index (χ4v) is 1.78. The average molecular weight is 251 g/mol. The summed E-state index contributed by atoms with van der Waals surface area (Å²) < 4.78 is 4.68. The first-order valence-corrected chi connectivity index (χ1v) is 5.83. The van der Waals surface area contributed by atoms with Gasteiger partial charge >= 0.3 is 5.97 Å². The van der Waals surface area contributed by atoms with Crippen LogP contribution in [0.25, 0.3) is 0 Å². The molecule has 0 aliphatic heterocycles.